The molecule has 2 unspecified atom stereocenters. The molecule has 4 amide bonds. The van der Waals surface area contributed by atoms with Gasteiger partial charge in [0.1, 0.15) is 23.4 Å². The van der Waals surface area contributed by atoms with Gasteiger partial charge in [-0.1, -0.05) is 40.7 Å². The van der Waals surface area contributed by atoms with Gasteiger partial charge in [0.15, 0.2) is 6.04 Å². The van der Waals surface area contributed by atoms with E-state index < -0.39 is 81.7 Å². The fraction of sp³-hybridized carbons (Fsp3) is 0.538. The number of nitrogens with one attached hydrogen (secondary N) is 2. The van der Waals surface area contributed by atoms with Crippen LogP contribution < -0.4 is 21.9 Å². The molecule has 4 rings (SSSR count). The molecule has 2 aromatic rings. The molecular weight excluding hydrogens is 552 g/mol. The minimum atomic E-state index is -5.25. The van der Waals surface area contributed by atoms with Crippen LogP contribution in [0.25, 0.3) is 5.65 Å². The van der Waals surface area contributed by atoms with Crippen LogP contribution in [0, 0.1) is 28.5 Å². The highest BCUT2D eigenvalue weighted by atomic mass is 19.4. The lowest BCUT2D eigenvalue weighted by Gasteiger charge is -2.38. The lowest BCUT2D eigenvalue weighted by Crippen LogP contribution is -2.61. The molecule has 0 spiro atoms. The first kappa shape index (κ1) is 29.9. The van der Waals surface area contributed by atoms with E-state index in [4.69, 9.17) is 5.73 Å². The van der Waals surface area contributed by atoms with Crippen molar-refractivity contribution in [3.05, 3.63) is 46.3 Å². The third-order valence-electron chi connectivity index (χ3n) is 7.96. The normalized spacial score (nSPS) is 23.0. The van der Waals surface area contributed by atoms with Gasteiger partial charge in [0, 0.05) is 12.7 Å². The van der Waals surface area contributed by atoms with Crippen molar-refractivity contribution < 1.29 is 36.7 Å². The summed E-state index contributed by atoms with van der Waals surface area (Å²) in [6.45, 7) is 8.05. The quantitative estimate of drug-likeness (QED) is 0.433. The molecule has 0 bridgehead atoms. The van der Waals surface area contributed by atoms with E-state index in [1.807, 2.05) is 13.8 Å². The maximum atomic E-state index is 15.1. The highest BCUT2D eigenvalue weighted by Gasteiger charge is 2.70. The van der Waals surface area contributed by atoms with Crippen molar-refractivity contribution in [2.24, 2.45) is 28.4 Å². The Kier molecular flexibility index (Phi) is 7.16. The average Bonchev–Trinajstić information content (AvgIpc) is 3.19. The lowest BCUT2D eigenvalue weighted by molar-refractivity contribution is -0.176. The number of nitrogens with zero attached hydrogens (tertiary/aromatic N) is 3. The van der Waals surface area contributed by atoms with E-state index in [9.17, 15) is 37.1 Å². The van der Waals surface area contributed by atoms with Crippen LogP contribution in [0.3, 0.4) is 0 Å². The Morgan fingerprint density at radius 2 is 1.76 bits per heavy atom. The molecule has 5 atom stereocenters. The first-order valence-corrected chi connectivity index (χ1v) is 12.7. The summed E-state index contributed by atoms with van der Waals surface area (Å²) in [5.41, 5.74) is 1.95. The van der Waals surface area contributed by atoms with E-state index >= 15 is 4.39 Å². The minimum Gasteiger partial charge on any atom is -0.368 e. The highest BCUT2D eigenvalue weighted by Crippen LogP contribution is 2.65. The number of hydrogen-bond donors (Lipinski definition) is 3. The molecule has 2 fully saturated rings. The Hall–Kier alpha value is -4.04. The van der Waals surface area contributed by atoms with Crippen molar-refractivity contribution in [1.82, 2.24) is 24.9 Å². The molecule has 41 heavy (non-hydrogen) atoms. The fourth-order valence-electron chi connectivity index (χ4n) is 5.62. The Labute approximate surface area is 231 Å². The van der Waals surface area contributed by atoms with Crippen molar-refractivity contribution in [3.8, 4) is 0 Å². The molecule has 1 aliphatic carbocycles. The summed E-state index contributed by atoms with van der Waals surface area (Å²) in [5, 5.41) is 4.05. The summed E-state index contributed by atoms with van der Waals surface area (Å²) in [4.78, 5) is 69.1. The molecule has 11 nitrogen and oxygen atoms in total. The van der Waals surface area contributed by atoms with Gasteiger partial charge in [0.05, 0.1) is 0 Å². The van der Waals surface area contributed by atoms with E-state index in [2.05, 4.69) is 10.3 Å². The molecular formula is C26H30F4N6O5. The van der Waals surface area contributed by atoms with Crippen LogP contribution in [-0.2, 0) is 19.2 Å². The maximum absolute atomic E-state index is 15.1. The fourth-order valence-corrected chi connectivity index (χ4v) is 5.62. The number of rotatable bonds is 6. The van der Waals surface area contributed by atoms with Gasteiger partial charge >= 0.3 is 12.1 Å². The predicted octanol–water partition coefficient (Wildman–Crippen LogP) is 1.05. The Morgan fingerprint density at radius 3 is 2.32 bits per heavy atom. The molecule has 1 aliphatic heterocycles. The smallest absolute Gasteiger partial charge is 0.368 e. The molecule has 2 aromatic heterocycles. The maximum Gasteiger partial charge on any atom is 0.471 e. The average molecular weight is 583 g/mol. The SMILES string of the molecule is CC(C)(C)C(NC(=O)C(F)(F)F)C(=O)N1C[C@H]2[C@@H]([C@H]1C(=O)NC(C(N)=O)c1nc3ccccn3c(=O)c1F)C2(C)C. The van der Waals surface area contributed by atoms with E-state index in [1.54, 1.807) is 5.32 Å². The number of piperidine rings is 1. The zero-order valence-electron chi connectivity index (χ0n) is 22.9. The number of halogens is 4. The summed E-state index contributed by atoms with van der Waals surface area (Å²) >= 11 is 0. The second kappa shape index (κ2) is 9.80. The standard InChI is InChI=1S/C26H30F4N6O5/c1-24(2,3)18(34-23(41)26(28,29)30)22(40)36-10-11-13(25(11,4)5)17(36)20(38)33-16(19(31)37)15-14(27)21(39)35-9-7-6-8-12(35)32-15/h6-9,11,13,16-18H,10H2,1-5H3,(H2,31,37)(H,33,38)(H,34,41)/t11-,13-,16?,17-,18?/m0/s1. The van der Waals surface area contributed by atoms with E-state index in [1.165, 1.54) is 45.2 Å². The number of fused-ring (bicyclic) bond motifs is 2. The van der Waals surface area contributed by atoms with Gasteiger partial charge in [-0.25, -0.2) is 4.98 Å². The van der Waals surface area contributed by atoms with E-state index in [0.717, 1.165) is 9.30 Å². The molecule has 4 N–H and O–H groups in total. The van der Waals surface area contributed by atoms with Gasteiger partial charge in [-0.05, 0) is 34.8 Å². The zero-order valence-corrected chi connectivity index (χ0v) is 22.9. The molecule has 2 aliphatic rings. The van der Waals surface area contributed by atoms with Crippen molar-refractivity contribution in [1.29, 1.82) is 0 Å². The number of primary amides is 1. The van der Waals surface area contributed by atoms with Gasteiger partial charge < -0.3 is 21.3 Å². The number of aromatic nitrogens is 2. The molecule has 0 aromatic carbocycles. The van der Waals surface area contributed by atoms with Gasteiger partial charge in [-0.15, -0.1) is 0 Å². The molecule has 222 valence electrons. The first-order valence-electron chi connectivity index (χ1n) is 12.7. The topological polar surface area (TPSA) is 156 Å². The summed E-state index contributed by atoms with van der Waals surface area (Å²) in [7, 11) is 0. The minimum absolute atomic E-state index is 0.00573. The monoisotopic (exact) mass is 582 g/mol. The Bertz CT molecular complexity index is 1500. The van der Waals surface area contributed by atoms with Crippen LogP contribution >= 0.6 is 0 Å². The number of carbonyl (C=O) groups is 4. The summed E-state index contributed by atoms with van der Waals surface area (Å²) < 4.78 is 55.1. The van der Waals surface area contributed by atoms with Crippen LogP contribution in [0.4, 0.5) is 17.6 Å². The van der Waals surface area contributed by atoms with Gasteiger partial charge in [-0.2, -0.15) is 17.6 Å². The van der Waals surface area contributed by atoms with E-state index in [0.29, 0.717) is 0 Å². The number of hydrogen-bond acceptors (Lipinski definition) is 6. The molecule has 15 heteroatoms. The molecule has 1 saturated carbocycles. The first-order chi connectivity index (χ1) is 18.8. The zero-order chi connectivity index (χ0) is 30.8. The number of alkyl halides is 3. The summed E-state index contributed by atoms with van der Waals surface area (Å²) in [6, 6.07) is -0.491. The number of likely N-dealkylation sites (tertiary alicyclic amines) is 1. The summed E-state index contributed by atoms with van der Waals surface area (Å²) in [6.07, 6.45) is -3.99. The van der Waals surface area contributed by atoms with E-state index in [-0.39, 0.29) is 18.1 Å². The van der Waals surface area contributed by atoms with Crippen LogP contribution in [0.5, 0.6) is 0 Å². The van der Waals surface area contributed by atoms with Gasteiger partial charge in [-0.3, -0.25) is 28.4 Å². The van der Waals surface area contributed by atoms with Crippen LogP contribution in [0.1, 0.15) is 46.4 Å². The Morgan fingerprint density at radius 1 is 1.12 bits per heavy atom. The van der Waals surface area contributed by atoms with Gasteiger partial charge in [0.2, 0.25) is 23.5 Å². The second-order valence-corrected chi connectivity index (χ2v) is 12.0. The third-order valence-corrected chi connectivity index (χ3v) is 7.96. The van der Waals surface area contributed by atoms with Crippen molar-refractivity contribution in [2.45, 2.75) is 58.9 Å². The lowest BCUT2D eigenvalue weighted by atomic mass is 9.85. The second-order valence-electron chi connectivity index (χ2n) is 12.0. The Balaban J connectivity index is 1.68. The summed E-state index contributed by atoms with van der Waals surface area (Å²) in [5.74, 6) is -7.52. The molecule has 0 radical (unpaired) electrons. The highest BCUT2D eigenvalue weighted by molar-refractivity contribution is 5.96. The number of carbonyl (C=O) groups excluding carboxylic acids is 4. The largest absolute Gasteiger partial charge is 0.471 e. The van der Waals surface area contributed by atoms with Crippen LogP contribution in [0.2, 0.25) is 0 Å². The molecule has 1 saturated heterocycles. The molecule has 3 heterocycles. The van der Waals surface area contributed by atoms with Gasteiger partial charge in [0.25, 0.3) is 5.56 Å². The van der Waals surface area contributed by atoms with Crippen molar-refractivity contribution in [3.63, 3.8) is 0 Å². The number of pyridine rings is 1. The number of amides is 4. The van der Waals surface area contributed by atoms with Crippen LogP contribution in [-0.4, -0.2) is 62.7 Å². The predicted molar refractivity (Wildman–Crippen MR) is 135 cm³/mol. The third kappa shape index (κ3) is 5.24. The van der Waals surface area contributed by atoms with Crippen molar-refractivity contribution in [2.75, 3.05) is 6.54 Å². The van der Waals surface area contributed by atoms with Crippen molar-refractivity contribution >= 4 is 29.3 Å². The number of nitrogens with two attached hydrogens (primary N) is 1. The van der Waals surface area contributed by atoms with Crippen LogP contribution in [0.15, 0.2) is 29.2 Å².